The summed E-state index contributed by atoms with van der Waals surface area (Å²) in [5, 5.41) is 9.55. The molecule has 3 heteroatoms. The van der Waals surface area contributed by atoms with Crippen LogP contribution in [0.25, 0.3) is 0 Å². The number of nitrogens with zero attached hydrogens (tertiary/aromatic N) is 2. The van der Waals surface area contributed by atoms with Gasteiger partial charge in [0.05, 0.1) is 6.10 Å². The normalized spacial score (nSPS) is 19.8. The molecule has 1 atom stereocenters. The van der Waals surface area contributed by atoms with Crippen molar-refractivity contribution in [3.63, 3.8) is 0 Å². The van der Waals surface area contributed by atoms with Gasteiger partial charge in [-0.25, -0.2) is 4.98 Å². The van der Waals surface area contributed by atoms with E-state index >= 15 is 0 Å². The zero-order valence-corrected chi connectivity index (χ0v) is 10.1. The molecular formula is C13H20N2O. The standard InChI is InChI=1S/C13H20N2O/c1-10-4-3-7-14-13(10)15-8-5-12(6-9-15)11(2)16/h3-4,7,11-12,16H,5-6,8-9H2,1-2H3. The molecule has 0 aliphatic carbocycles. The van der Waals surface area contributed by atoms with Crippen molar-refractivity contribution in [3.05, 3.63) is 23.9 Å². The van der Waals surface area contributed by atoms with E-state index in [0.717, 1.165) is 31.7 Å². The number of hydrogen-bond acceptors (Lipinski definition) is 3. The molecule has 1 aromatic heterocycles. The molecular weight excluding hydrogens is 200 g/mol. The maximum absolute atomic E-state index is 9.55. The number of aromatic nitrogens is 1. The number of anilines is 1. The van der Waals surface area contributed by atoms with Crippen LogP contribution in [0, 0.1) is 12.8 Å². The lowest BCUT2D eigenvalue weighted by Gasteiger charge is -2.34. The van der Waals surface area contributed by atoms with Crippen molar-refractivity contribution in [2.24, 2.45) is 5.92 Å². The largest absolute Gasteiger partial charge is 0.393 e. The lowest BCUT2D eigenvalue weighted by molar-refractivity contribution is 0.110. The van der Waals surface area contributed by atoms with Gasteiger partial charge in [0, 0.05) is 19.3 Å². The summed E-state index contributed by atoms with van der Waals surface area (Å²) in [6, 6.07) is 4.07. The molecule has 1 aliphatic heterocycles. The predicted octanol–water partition coefficient (Wildman–Crippen LogP) is 1.99. The summed E-state index contributed by atoms with van der Waals surface area (Å²) in [6.07, 6.45) is 3.80. The maximum Gasteiger partial charge on any atom is 0.131 e. The third-order valence-corrected chi connectivity index (χ3v) is 3.50. The monoisotopic (exact) mass is 220 g/mol. The van der Waals surface area contributed by atoms with Gasteiger partial charge < -0.3 is 10.0 Å². The molecule has 0 amide bonds. The fourth-order valence-electron chi connectivity index (χ4n) is 2.40. The van der Waals surface area contributed by atoms with Gasteiger partial charge in [0.25, 0.3) is 0 Å². The highest BCUT2D eigenvalue weighted by Gasteiger charge is 2.23. The number of rotatable bonds is 2. The van der Waals surface area contributed by atoms with Crippen molar-refractivity contribution in [3.8, 4) is 0 Å². The number of aliphatic hydroxyl groups excluding tert-OH is 1. The minimum atomic E-state index is -0.174. The first-order chi connectivity index (χ1) is 7.68. The minimum Gasteiger partial charge on any atom is -0.393 e. The Morgan fingerprint density at radius 3 is 2.69 bits per heavy atom. The lowest BCUT2D eigenvalue weighted by Crippen LogP contribution is -2.37. The molecule has 1 aromatic rings. The first kappa shape index (κ1) is 11.4. The van der Waals surface area contributed by atoms with E-state index in [1.165, 1.54) is 5.56 Å². The fraction of sp³-hybridized carbons (Fsp3) is 0.615. The third kappa shape index (κ3) is 2.35. The van der Waals surface area contributed by atoms with Crippen LogP contribution in [0.5, 0.6) is 0 Å². The second-order valence-corrected chi connectivity index (χ2v) is 4.71. The first-order valence-corrected chi connectivity index (χ1v) is 6.03. The van der Waals surface area contributed by atoms with Crippen LogP contribution in [-0.2, 0) is 0 Å². The molecule has 1 saturated heterocycles. The molecule has 1 fully saturated rings. The third-order valence-electron chi connectivity index (χ3n) is 3.50. The smallest absolute Gasteiger partial charge is 0.131 e. The van der Waals surface area contributed by atoms with Crippen LogP contribution in [0.3, 0.4) is 0 Å². The van der Waals surface area contributed by atoms with Crippen molar-refractivity contribution < 1.29 is 5.11 Å². The van der Waals surface area contributed by atoms with Crippen molar-refractivity contribution in [2.75, 3.05) is 18.0 Å². The molecule has 3 nitrogen and oxygen atoms in total. The predicted molar refractivity (Wildman–Crippen MR) is 65.6 cm³/mol. The van der Waals surface area contributed by atoms with Crippen LogP contribution in [0.2, 0.25) is 0 Å². The molecule has 0 radical (unpaired) electrons. The van der Waals surface area contributed by atoms with E-state index in [1.807, 2.05) is 19.2 Å². The van der Waals surface area contributed by atoms with Crippen LogP contribution < -0.4 is 4.90 Å². The fourth-order valence-corrected chi connectivity index (χ4v) is 2.40. The number of aryl methyl sites for hydroxylation is 1. The van der Waals surface area contributed by atoms with E-state index in [2.05, 4.69) is 22.9 Å². The lowest BCUT2D eigenvalue weighted by atomic mass is 9.92. The quantitative estimate of drug-likeness (QED) is 0.828. The minimum absolute atomic E-state index is 0.174. The average molecular weight is 220 g/mol. The van der Waals surface area contributed by atoms with E-state index in [1.54, 1.807) is 0 Å². The van der Waals surface area contributed by atoms with Crippen LogP contribution in [0.1, 0.15) is 25.3 Å². The van der Waals surface area contributed by atoms with Crippen LogP contribution in [0.4, 0.5) is 5.82 Å². The Bertz CT molecular complexity index is 344. The summed E-state index contributed by atoms with van der Waals surface area (Å²) in [5.74, 6) is 1.56. The maximum atomic E-state index is 9.55. The van der Waals surface area contributed by atoms with Crippen molar-refractivity contribution in [1.82, 2.24) is 4.98 Å². The number of hydrogen-bond donors (Lipinski definition) is 1. The van der Waals surface area contributed by atoms with Gasteiger partial charge in [0.15, 0.2) is 0 Å². The summed E-state index contributed by atoms with van der Waals surface area (Å²) in [6.45, 7) is 6.01. The van der Waals surface area contributed by atoms with Gasteiger partial charge in [-0.15, -0.1) is 0 Å². The topological polar surface area (TPSA) is 36.4 Å². The molecule has 0 saturated carbocycles. The zero-order chi connectivity index (χ0) is 11.5. The number of pyridine rings is 1. The van der Waals surface area contributed by atoms with Gasteiger partial charge in [0.1, 0.15) is 5.82 Å². The summed E-state index contributed by atoms with van der Waals surface area (Å²) in [5.41, 5.74) is 1.23. The number of aliphatic hydroxyl groups is 1. The molecule has 0 bridgehead atoms. The Hall–Kier alpha value is -1.09. The van der Waals surface area contributed by atoms with Gasteiger partial charge in [-0.3, -0.25) is 0 Å². The number of piperidine rings is 1. The molecule has 1 N–H and O–H groups in total. The molecule has 88 valence electrons. The summed E-state index contributed by atoms with van der Waals surface area (Å²) >= 11 is 0. The second kappa shape index (κ2) is 4.83. The van der Waals surface area contributed by atoms with Crippen LogP contribution in [0.15, 0.2) is 18.3 Å². The Kier molecular flexibility index (Phi) is 3.44. The van der Waals surface area contributed by atoms with Crippen LogP contribution >= 0.6 is 0 Å². The molecule has 2 rings (SSSR count). The Morgan fingerprint density at radius 1 is 1.44 bits per heavy atom. The van der Waals surface area contributed by atoms with E-state index in [9.17, 15) is 5.11 Å². The molecule has 16 heavy (non-hydrogen) atoms. The van der Waals surface area contributed by atoms with Gasteiger partial charge in [0.2, 0.25) is 0 Å². The van der Waals surface area contributed by atoms with Gasteiger partial charge in [-0.1, -0.05) is 6.07 Å². The highest BCUT2D eigenvalue weighted by atomic mass is 16.3. The zero-order valence-electron chi connectivity index (χ0n) is 10.1. The molecule has 1 aliphatic rings. The molecule has 0 aromatic carbocycles. The van der Waals surface area contributed by atoms with Crippen molar-refractivity contribution >= 4 is 5.82 Å². The van der Waals surface area contributed by atoms with E-state index < -0.39 is 0 Å². The van der Waals surface area contributed by atoms with Crippen LogP contribution in [-0.4, -0.2) is 29.3 Å². The van der Waals surface area contributed by atoms with E-state index in [4.69, 9.17) is 0 Å². The first-order valence-electron chi connectivity index (χ1n) is 6.03. The Labute approximate surface area is 97.1 Å². The van der Waals surface area contributed by atoms with Crippen molar-refractivity contribution in [1.29, 1.82) is 0 Å². The highest BCUT2D eigenvalue weighted by Crippen LogP contribution is 2.25. The van der Waals surface area contributed by atoms with E-state index in [-0.39, 0.29) is 6.10 Å². The Morgan fingerprint density at radius 2 is 2.12 bits per heavy atom. The second-order valence-electron chi connectivity index (χ2n) is 4.71. The van der Waals surface area contributed by atoms with Gasteiger partial charge in [-0.05, 0) is 44.2 Å². The summed E-state index contributed by atoms with van der Waals surface area (Å²) in [4.78, 5) is 6.76. The van der Waals surface area contributed by atoms with Gasteiger partial charge >= 0.3 is 0 Å². The SMILES string of the molecule is Cc1cccnc1N1CCC(C(C)O)CC1. The highest BCUT2D eigenvalue weighted by molar-refractivity contribution is 5.46. The van der Waals surface area contributed by atoms with Gasteiger partial charge in [-0.2, -0.15) is 0 Å². The molecule has 1 unspecified atom stereocenters. The average Bonchev–Trinajstić information content (AvgIpc) is 2.30. The van der Waals surface area contributed by atoms with E-state index in [0.29, 0.717) is 5.92 Å². The molecule has 2 heterocycles. The molecule has 0 spiro atoms. The summed E-state index contributed by atoms with van der Waals surface area (Å²) in [7, 11) is 0. The van der Waals surface area contributed by atoms with Crippen molar-refractivity contribution in [2.45, 2.75) is 32.8 Å². The summed E-state index contributed by atoms with van der Waals surface area (Å²) < 4.78 is 0. The Balaban J connectivity index is 2.02.